The number of amides is 1. The van der Waals surface area contributed by atoms with Crippen LogP contribution in [0.25, 0.3) is 16.7 Å². The van der Waals surface area contributed by atoms with Crippen molar-refractivity contribution in [3.05, 3.63) is 84.4 Å². The average Bonchev–Trinajstić information content (AvgIpc) is 3.31. The van der Waals surface area contributed by atoms with Crippen LogP contribution in [0.1, 0.15) is 29.1 Å². The Morgan fingerprint density at radius 3 is 2.64 bits per heavy atom. The summed E-state index contributed by atoms with van der Waals surface area (Å²) in [4.78, 5) is 12.5. The van der Waals surface area contributed by atoms with Crippen molar-refractivity contribution in [3.63, 3.8) is 0 Å². The monoisotopic (exact) mass is 331 g/mol. The molecule has 0 saturated carbocycles. The standard InChI is InChI=1S/C20H17N3O2/c1-14(19-13-16-5-2-3-6-18(16)25-19)22-20(24)15-7-9-17(10-8-15)23-12-4-11-21-23/h2-14H,1H3,(H,22,24). The lowest BCUT2D eigenvalue weighted by molar-refractivity contribution is 0.0935. The highest BCUT2D eigenvalue weighted by Gasteiger charge is 2.15. The number of hydrogen-bond donors (Lipinski definition) is 1. The molecule has 0 spiro atoms. The maximum atomic E-state index is 12.5. The van der Waals surface area contributed by atoms with Crippen LogP contribution in [0.2, 0.25) is 0 Å². The first-order chi connectivity index (χ1) is 12.2. The molecule has 124 valence electrons. The first-order valence-electron chi connectivity index (χ1n) is 8.10. The number of para-hydroxylation sites is 1. The summed E-state index contributed by atoms with van der Waals surface area (Å²) in [6.45, 7) is 1.91. The van der Waals surface area contributed by atoms with Crippen molar-refractivity contribution >= 4 is 16.9 Å². The van der Waals surface area contributed by atoms with Gasteiger partial charge in [0.25, 0.3) is 5.91 Å². The number of nitrogens with zero attached hydrogens (tertiary/aromatic N) is 2. The summed E-state index contributed by atoms with van der Waals surface area (Å²) in [7, 11) is 0. The Balaban J connectivity index is 1.49. The van der Waals surface area contributed by atoms with E-state index in [1.54, 1.807) is 23.0 Å². The molecule has 0 radical (unpaired) electrons. The van der Waals surface area contributed by atoms with E-state index in [2.05, 4.69) is 10.4 Å². The van der Waals surface area contributed by atoms with Gasteiger partial charge >= 0.3 is 0 Å². The number of carbonyl (C=O) groups excluding carboxylic acids is 1. The van der Waals surface area contributed by atoms with Crippen molar-refractivity contribution in [2.75, 3.05) is 0 Å². The number of hydrogen-bond acceptors (Lipinski definition) is 3. The zero-order valence-corrected chi connectivity index (χ0v) is 13.7. The third kappa shape index (κ3) is 3.04. The van der Waals surface area contributed by atoms with Gasteiger partial charge in [0.1, 0.15) is 11.3 Å². The topological polar surface area (TPSA) is 60.1 Å². The lowest BCUT2D eigenvalue weighted by Gasteiger charge is -2.11. The smallest absolute Gasteiger partial charge is 0.251 e. The van der Waals surface area contributed by atoms with Crippen molar-refractivity contribution in [1.29, 1.82) is 0 Å². The summed E-state index contributed by atoms with van der Waals surface area (Å²) in [5, 5.41) is 8.18. The molecular weight excluding hydrogens is 314 g/mol. The van der Waals surface area contributed by atoms with Gasteiger partial charge in [0.2, 0.25) is 0 Å². The van der Waals surface area contributed by atoms with Gasteiger partial charge in [-0.3, -0.25) is 4.79 Å². The first-order valence-corrected chi connectivity index (χ1v) is 8.10. The minimum atomic E-state index is -0.217. The maximum Gasteiger partial charge on any atom is 0.251 e. The summed E-state index contributed by atoms with van der Waals surface area (Å²) in [6, 6.07) is 18.7. The van der Waals surface area contributed by atoms with Crippen molar-refractivity contribution < 1.29 is 9.21 Å². The zero-order chi connectivity index (χ0) is 17.2. The Morgan fingerprint density at radius 2 is 1.92 bits per heavy atom. The quantitative estimate of drug-likeness (QED) is 0.612. The highest BCUT2D eigenvalue weighted by atomic mass is 16.3. The molecule has 1 amide bonds. The summed E-state index contributed by atoms with van der Waals surface area (Å²) < 4.78 is 7.56. The molecule has 1 atom stereocenters. The van der Waals surface area contributed by atoms with E-state index in [4.69, 9.17) is 4.42 Å². The van der Waals surface area contributed by atoms with E-state index < -0.39 is 0 Å². The van der Waals surface area contributed by atoms with Gasteiger partial charge in [-0.25, -0.2) is 4.68 Å². The van der Waals surface area contributed by atoms with Crippen LogP contribution in [0.15, 0.2) is 77.5 Å². The van der Waals surface area contributed by atoms with Gasteiger partial charge in [0, 0.05) is 23.3 Å². The molecule has 0 aliphatic heterocycles. The first kappa shape index (κ1) is 15.2. The van der Waals surface area contributed by atoms with Gasteiger partial charge in [-0.05, 0) is 49.4 Å². The highest BCUT2D eigenvalue weighted by Crippen LogP contribution is 2.23. The van der Waals surface area contributed by atoms with E-state index in [9.17, 15) is 4.79 Å². The fourth-order valence-corrected chi connectivity index (χ4v) is 2.75. The molecule has 1 unspecified atom stereocenters. The number of aromatic nitrogens is 2. The van der Waals surface area contributed by atoms with E-state index in [1.165, 1.54) is 0 Å². The number of fused-ring (bicyclic) bond motifs is 1. The Morgan fingerprint density at radius 1 is 1.12 bits per heavy atom. The van der Waals surface area contributed by atoms with Gasteiger partial charge in [-0.2, -0.15) is 5.10 Å². The van der Waals surface area contributed by atoms with Crippen molar-refractivity contribution in [1.82, 2.24) is 15.1 Å². The Bertz CT molecular complexity index is 968. The predicted molar refractivity (Wildman–Crippen MR) is 95.7 cm³/mol. The van der Waals surface area contributed by atoms with Crippen molar-refractivity contribution in [2.24, 2.45) is 0 Å². The summed E-state index contributed by atoms with van der Waals surface area (Å²) >= 11 is 0. The van der Waals surface area contributed by atoms with Crippen LogP contribution in [-0.2, 0) is 0 Å². The molecular formula is C20H17N3O2. The third-order valence-corrected chi connectivity index (χ3v) is 4.12. The number of nitrogens with one attached hydrogen (secondary N) is 1. The second-order valence-electron chi connectivity index (χ2n) is 5.88. The fraction of sp³-hybridized carbons (Fsp3) is 0.100. The Labute approximate surface area is 144 Å². The van der Waals surface area contributed by atoms with Crippen LogP contribution in [-0.4, -0.2) is 15.7 Å². The zero-order valence-electron chi connectivity index (χ0n) is 13.7. The van der Waals surface area contributed by atoms with Crippen molar-refractivity contribution in [3.8, 4) is 5.69 Å². The normalized spacial score (nSPS) is 12.2. The van der Waals surface area contributed by atoms with E-state index in [0.29, 0.717) is 5.56 Å². The number of benzene rings is 2. The molecule has 2 aromatic carbocycles. The Hall–Kier alpha value is -3.34. The molecule has 0 fully saturated rings. The molecule has 2 heterocycles. The fourth-order valence-electron chi connectivity index (χ4n) is 2.75. The van der Waals surface area contributed by atoms with E-state index >= 15 is 0 Å². The molecule has 25 heavy (non-hydrogen) atoms. The summed E-state index contributed by atoms with van der Waals surface area (Å²) in [6.07, 6.45) is 3.58. The highest BCUT2D eigenvalue weighted by molar-refractivity contribution is 5.94. The van der Waals surface area contributed by atoms with Crippen molar-refractivity contribution in [2.45, 2.75) is 13.0 Å². The van der Waals surface area contributed by atoms with E-state index in [-0.39, 0.29) is 11.9 Å². The Kier molecular flexibility index (Phi) is 3.82. The van der Waals surface area contributed by atoms with E-state index in [0.717, 1.165) is 22.4 Å². The molecule has 4 rings (SSSR count). The lowest BCUT2D eigenvalue weighted by Crippen LogP contribution is -2.26. The second-order valence-corrected chi connectivity index (χ2v) is 5.88. The van der Waals surface area contributed by atoms with Crippen LogP contribution >= 0.6 is 0 Å². The largest absolute Gasteiger partial charge is 0.459 e. The maximum absolute atomic E-state index is 12.5. The third-order valence-electron chi connectivity index (χ3n) is 4.12. The van der Waals surface area contributed by atoms with E-state index in [1.807, 2.05) is 61.7 Å². The molecule has 0 bridgehead atoms. The van der Waals surface area contributed by atoms with Crippen LogP contribution in [0.4, 0.5) is 0 Å². The molecule has 0 aliphatic carbocycles. The lowest BCUT2D eigenvalue weighted by atomic mass is 10.1. The van der Waals surface area contributed by atoms with Crippen LogP contribution in [0.5, 0.6) is 0 Å². The minimum absolute atomic E-state index is 0.139. The van der Waals surface area contributed by atoms with Crippen LogP contribution in [0, 0.1) is 0 Å². The molecule has 5 nitrogen and oxygen atoms in total. The predicted octanol–water partition coefficient (Wildman–Crippen LogP) is 4.11. The molecule has 0 aliphatic rings. The number of furan rings is 1. The van der Waals surface area contributed by atoms with Gasteiger partial charge in [0.15, 0.2) is 0 Å². The molecule has 1 N–H and O–H groups in total. The molecule has 2 aromatic heterocycles. The van der Waals surface area contributed by atoms with Gasteiger partial charge in [-0.1, -0.05) is 18.2 Å². The van der Waals surface area contributed by atoms with Gasteiger partial charge in [0.05, 0.1) is 11.7 Å². The summed E-state index contributed by atoms with van der Waals surface area (Å²) in [5.41, 5.74) is 2.33. The minimum Gasteiger partial charge on any atom is -0.459 e. The second kappa shape index (κ2) is 6.28. The molecule has 0 saturated heterocycles. The average molecular weight is 331 g/mol. The van der Waals surface area contributed by atoms with Gasteiger partial charge in [-0.15, -0.1) is 0 Å². The van der Waals surface area contributed by atoms with Gasteiger partial charge < -0.3 is 9.73 Å². The summed E-state index contributed by atoms with van der Waals surface area (Å²) in [5.74, 6) is 0.600. The molecule has 5 heteroatoms. The SMILES string of the molecule is CC(NC(=O)c1ccc(-n2cccn2)cc1)c1cc2ccccc2o1. The molecule has 4 aromatic rings. The number of carbonyl (C=O) groups is 1. The van der Waals surface area contributed by atoms with Crippen LogP contribution in [0.3, 0.4) is 0 Å². The number of rotatable bonds is 4. The van der Waals surface area contributed by atoms with Crippen LogP contribution < -0.4 is 5.32 Å².